The predicted molar refractivity (Wildman–Crippen MR) is 114 cm³/mol. The van der Waals surface area contributed by atoms with E-state index in [9.17, 15) is 4.79 Å². The second kappa shape index (κ2) is 8.19. The van der Waals surface area contributed by atoms with Crippen LogP contribution in [0, 0.1) is 6.92 Å². The summed E-state index contributed by atoms with van der Waals surface area (Å²) in [6, 6.07) is 21.1. The number of benzene rings is 3. The van der Waals surface area contributed by atoms with Gasteiger partial charge in [0.25, 0.3) is 5.91 Å². The Labute approximate surface area is 169 Å². The molecule has 0 spiro atoms. The smallest absolute Gasteiger partial charge is 0.262 e. The topological polar surface area (TPSA) is 64.4 Å². The molecule has 0 saturated heterocycles. The number of carbonyl (C=O) groups excluding carboxylic acids is 1. The molecular weight excluding hydrogens is 364 g/mol. The van der Waals surface area contributed by atoms with E-state index in [-0.39, 0.29) is 12.5 Å². The fraction of sp³-hybridized carbons (Fsp3) is 0.167. The van der Waals surface area contributed by atoms with Gasteiger partial charge in [0.2, 0.25) is 5.89 Å². The number of anilines is 1. The summed E-state index contributed by atoms with van der Waals surface area (Å²) in [7, 11) is 0. The Balaban J connectivity index is 1.37. The molecule has 1 heterocycles. The fourth-order valence-electron chi connectivity index (χ4n) is 3.02. The lowest BCUT2D eigenvalue weighted by Gasteiger charge is -2.08. The van der Waals surface area contributed by atoms with E-state index in [1.807, 2.05) is 73.7 Å². The number of hydrogen-bond acceptors (Lipinski definition) is 4. The summed E-state index contributed by atoms with van der Waals surface area (Å²) in [5.74, 6) is 1.02. The van der Waals surface area contributed by atoms with E-state index in [1.165, 1.54) is 5.56 Å². The van der Waals surface area contributed by atoms with Crippen molar-refractivity contribution in [3.63, 3.8) is 0 Å². The van der Waals surface area contributed by atoms with Crippen molar-refractivity contribution in [1.29, 1.82) is 0 Å². The summed E-state index contributed by atoms with van der Waals surface area (Å²) in [6.07, 6.45) is 0.972. The van der Waals surface area contributed by atoms with E-state index in [2.05, 4.69) is 17.2 Å². The summed E-state index contributed by atoms with van der Waals surface area (Å²) >= 11 is 0. The van der Waals surface area contributed by atoms with Crippen LogP contribution in [-0.4, -0.2) is 17.5 Å². The van der Waals surface area contributed by atoms with Gasteiger partial charge in [-0.1, -0.05) is 25.1 Å². The first-order valence-electron chi connectivity index (χ1n) is 9.60. The lowest BCUT2D eigenvalue weighted by atomic mass is 10.2. The molecule has 0 aliphatic rings. The number of rotatable bonds is 6. The number of fused-ring (bicyclic) bond motifs is 1. The molecule has 4 aromatic rings. The molecule has 146 valence electrons. The van der Waals surface area contributed by atoms with Crippen LogP contribution in [0.1, 0.15) is 18.1 Å². The molecule has 29 heavy (non-hydrogen) atoms. The Morgan fingerprint density at radius 3 is 2.52 bits per heavy atom. The van der Waals surface area contributed by atoms with Gasteiger partial charge in [0, 0.05) is 11.3 Å². The molecule has 0 radical (unpaired) electrons. The van der Waals surface area contributed by atoms with E-state index in [0.29, 0.717) is 17.3 Å². The SMILES string of the molecule is CCc1ccc(OCC(=O)Nc2ccc(-c3nc4cc(C)ccc4o3)cc2)cc1. The number of aromatic nitrogens is 1. The van der Waals surface area contributed by atoms with Gasteiger partial charge < -0.3 is 14.5 Å². The number of amides is 1. The van der Waals surface area contributed by atoms with Gasteiger partial charge in [-0.2, -0.15) is 0 Å². The lowest BCUT2D eigenvalue weighted by Crippen LogP contribution is -2.20. The second-order valence-corrected chi connectivity index (χ2v) is 6.90. The molecule has 0 aliphatic carbocycles. The number of nitrogens with one attached hydrogen (secondary N) is 1. The summed E-state index contributed by atoms with van der Waals surface area (Å²) < 4.78 is 11.4. The predicted octanol–water partition coefficient (Wildman–Crippen LogP) is 5.38. The number of ether oxygens (including phenoxy) is 1. The van der Waals surface area contributed by atoms with Gasteiger partial charge in [-0.15, -0.1) is 0 Å². The van der Waals surface area contributed by atoms with Gasteiger partial charge in [-0.3, -0.25) is 4.79 Å². The Bertz CT molecular complexity index is 1130. The zero-order chi connectivity index (χ0) is 20.2. The van der Waals surface area contributed by atoms with E-state index >= 15 is 0 Å². The third-order valence-corrected chi connectivity index (χ3v) is 4.66. The van der Waals surface area contributed by atoms with Crippen molar-refractivity contribution in [2.75, 3.05) is 11.9 Å². The zero-order valence-electron chi connectivity index (χ0n) is 16.4. The molecule has 1 aromatic heterocycles. The van der Waals surface area contributed by atoms with Crippen molar-refractivity contribution in [2.45, 2.75) is 20.3 Å². The largest absolute Gasteiger partial charge is 0.484 e. The fourth-order valence-corrected chi connectivity index (χ4v) is 3.02. The van der Waals surface area contributed by atoms with Crippen molar-refractivity contribution >= 4 is 22.7 Å². The van der Waals surface area contributed by atoms with Gasteiger partial charge in [0.1, 0.15) is 11.3 Å². The van der Waals surface area contributed by atoms with Gasteiger partial charge in [-0.05, 0) is 73.0 Å². The first-order valence-corrected chi connectivity index (χ1v) is 9.60. The first kappa shape index (κ1) is 18.7. The molecule has 1 amide bonds. The highest BCUT2D eigenvalue weighted by Gasteiger charge is 2.09. The summed E-state index contributed by atoms with van der Waals surface area (Å²) in [5, 5.41) is 2.83. The Morgan fingerprint density at radius 2 is 1.79 bits per heavy atom. The standard InChI is InChI=1S/C24H22N2O3/c1-3-17-5-11-20(12-6-17)28-15-23(27)25-19-9-7-18(8-10-19)24-26-21-14-16(2)4-13-22(21)29-24/h4-14H,3,15H2,1-2H3,(H,25,27). The van der Waals surface area contributed by atoms with Crippen LogP contribution in [0.25, 0.3) is 22.6 Å². The molecule has 0 fully saturated rings. The summed E-state index contributed by atoms with van der Waals surface area (Å²) in [5.41, 5.74) is 5.50. The van der Waals surface area contributed by atoms with Crippen LogP contribution in [0.5, 0.6) is 5.75 Å². The molecule has 4 rings (SSSR count). The zero-order valence-corrected chi connectivity index (χ0v) is 16.4. The molecule has 3 aromatic carbocycles. The molecule has 0 saturated carbocycles. The van der Waals surface area contributed by atoms with E-state index in [4.69, 9.17) is 9.15 Å². The maximum atomic E-state index is 12.1. The number of aryl methyl sites for hydroxylation is 2. The molecular formula is C24H22N2O3. The molecule has 0 unspecified atom stereocenters. The van der Waals surface area contributed by atoms with Crippen LogP contribution in [0.15, 0.2) is 71.1 Å². The first-order chi connectivity index (χ1) is 14.1. The van der Waals surface area contributed by atoms with Crippen LogP contribution < -0.4 is 10.1 Å². The third-order valence-electron chi connectivity index (χ3n) is 4.66. The quantitative estimate of drug-likeness (QED) is 0.483. The van der Waals surface area contributed by atoms with Crippen molar-refractivity contribution in [3.05, 3.63) is 77.9 Å². The Kier molecular flexibility index (Phi) is 5.29. The van der Waals surface area contributed by atoms with Crippen molar-refractivity contribution < 1.29 is 13.9 Å². The van der Waals surface area contributed by atoms with Crippen molar-refractivity contribution in [2.24, 2.45) is 0 Å². The van der Waals surface area contributed by atoms with Crippen molar-refractivity contribution in [3.8, 4) is 17.2 Å². The number of oxazole rings is 1. The van der Waals surface area contributed by atoms with E-state index in [1.54, 1.807) is 0 Å². The highest BCUT2D eigenvalue weighted by molar-refractivity contribution is 5.92. The van der Waals surface area contributed by atoms with Gasteiger partial charge in [0.05, 0.1) is 0 Å². The normalized spacial score (nSPS) is 10.8. The molecule has 0 atom stereocenters. The van der Waals surface area contributed by atoms with Crippen LogP contribution in [-0.2, 0) is 11.2 Å². The molecule has 5 heteroatoms. The third kappa shape index (κ3) is 4.46. The van der Waals surface area contributed by atoms with Gasteiger partial charge in [0.15, 0.2) is 12.2 Å². The minimum Gasteiger partial charge on any atom is -0.484 e. The van der Waals surface area contributed by atoms with Crippen LogP contribution in [0.3, 0.4) is 0 Å². The molecule has 5 nitrogen and oxygen atoms in total. The van der Waals surface area contributed by atoms with Gasteiger partial charge in [-0.25, -0.2) is 4.98 Å². The van der Waals surface area contributed by atoms with Crippen molar-refractivity contribution in [1.82, 2.24) is 4.98 Å². The van der Waals surface area contributed by atoms with E-state index in [0.717, 1.165) is 28.6 Å². The highest BCUT2D eigenvalue weighted by atomic mass is 16.5. The maximum Gasteiger partial charge on any atom is 0.262 e. The highest BCUT2D eigenvalue weighted by Crippen LogP contribution is 2.26. The Hall–Kier alpha value is -3.60. The minimum atomic E-state index is -0.213. The van der Waals surface area contributed by atoms with Crippen LogP contribution >= 0.6 is 0 Å². The second-order valence-electron chi connectivity index (χ2n) is 6.90. The molecule has 0 bridgehead atoms. The van der Waals surface area contributed by atoms with Crippen LogP contribution in [0.4, 0.5) is 5.69 Å². The average Bonchev–Trinajstić information content (AvgIpc) is 3.16. The summed E-state index contributed by atoms with van der Waals surface area (Å²) in [4.78, 5) is 16.7. The summed E-state index contributed by atoms with van der Waals surface area (Å²) in [6.45, 7) is 4.08. The van der Waals surface area contributed by atoms with Crippen LogP contribution in [0.2, 0.25) is 0 Å². The lowest BCUT2D eigenvalue weighted by molar-refractivity contribution is -0.118. The van der Waals surface area contributed by atoms with E-state index < -0.39 is 0 Å². The number of carbonyl (C=O) groups is 1. The molecule has 1 N–H and O–H groups in total. The minimum absolute atomic E-state index is 0.0439. The number of hydrogen-bond donors (Lipinski definition) is 1. The molecule has 0 aliphatic heterocycles. The monoisotopic (exact) mass is 386 g/mol. The number of nitrogens with zero attached hydrogens (tertiary/aromatic N) is 1. The maximum absolute atomic E-state index is 12.1. The van der Waals surface area contributed by atoms with Gasteiger partial charge >= 0.3 is 0 Å². The Morgan fingerprint density at radius 1 is 1.03 bits per heavy atom. The average molecular weight is 386 g/mol.